The summed E-state index contributed by atoms with van der Waals surface area (Å²) in [5, 5.41) is 61.8. The number of aliphatic imine (C=N–C) groups is 1. The smallest absolute Gasteiger partial charge is 0.328 e. The molecule has 0 aromatic rings. The molecule has 1 fully saturated rings. The number of carboxylic acid groups (broad SMARTS) is 1. The van der Waals surface area contributed by atoms with Crippen molar-refractivity contribution in [1.82, 2.24) is 58.1 Å². The van der Waals surface area contributed by atoms with Crippen molar-refractivity contribution in [3.05, 3.63) is 0 Å². The molecule has 1 aliphatic heterocycles. The van der Waals surface area contributed by atoms with Gasteiger partial charge in [0.05, 0.1) is 32.3 Å². The standard InChI is InChI=1S/C48H84N16O17/c1-21(2)15-29(42(75)58-28(11-9-13-53-48(51)52)41(74)62-32(20-66)47(80)81)60-44(77)33-12-10-14-64(33)46(79)31(16-22(3)4)61-43(76)30(17-34(50)68)59-38(71)25(7)57-45(78)36(26(8)67)63-39(72)24(6)55-35(69)18-54-37(70)23(5)56-40(73)27(49)19-65/h21-33,36,65-67H,9-20,49H2,1-8H3,(H2,50,68)(H,54,70)(H,55,69)(H,56,73)(H,57,78)(H,58,75)(H,59,71)(H,60,77)(H,61,76)(H,62,74)(H,63,72)(H,80,81)(H4,51,52,53). The van der Waals surface area contributed by atoms with Crippen molar-refractivity contribution in [2.24, 2.45) is 39.8 Å². The van der Waals surface area contributed by atoms with E-state index in [-0.39, 0.29) is 63.0 Å². The maximum atomic E-state index is 14.4. The Morgan fingerprint density at radius 3 is 1.63 bits per heavy atom. The SMILES string of the molecule is CC(C)CC(NC(=O)C1CCCN1C(=O)C(CC(C)C)NC(=O)C(CC(N)=O)NC(=O)C(C)NC(=O)C(NC(=O)C(C)NC(=O)CNC(=O)C(C)NC(=O)C(N)CO)C(C)O)C(=O)NC(CCCN=C(N)N)C(=O)NC(CO)C(=O)O. The van der Waals surface area contributed by atoms with Crippen molar-refractivity contribution in [2.75, 3.05) is 32.8 Å². The van der Waals surface area contributed by atoms with Crippen molar-refractivity contribution in [2.45, 2.75) is 173 Å². The number of nitrogens with zero attached hydrogens (tertiary/aromatic N) is 2. The Morgan fingerprint density at radius 1 is 0.580 bits per heavy atom. The van der Waals surface area contributed by atoms with Crippen LogP contribution in [0.5, 0.6) is 0 Å². The Bertz CT molecular complexity index is 2260. The van der Waals surface area contributed by atoms with E-state index in [0.29, 0.717) is 6.42 Å². The lowest BCUT2D eigenvalue weighted by Crippen LogP contribution is -2.61. The number of primary amides is 1. The third-order valence-electron chi connectivity index (χ3n) is 12.2. The zero-order valence-corrected chi connectivity index (χ0v) is 46.9. The number of hydrogen-bond donors (Lipinski definition) is 18. The van der Waals surface area contributed by atoms with E-state index in [9.17, 15) is 77.6 Å². The molecule has 12 unspecified atom stereocenters. The van der Waals surface area contributed by atoms with Gasteiger partial charge in [-0.3, -0.25) is 62.5 Å². The van der Waals surface area contributed by atoms with Gasteiger partial charge in [0.25, 0.3) is 0 Å². The lowest BCUT2D eigenvalue weighted by Gasteiger charge is -2.32. The monoisotopic (exact) mass is 1160 g/mol. The predicted octanol–water partition coefficient (Wildman–Crippen LogP) is -8.68. The second kappa shape index (κ2) is 35.1. The lowest BCUT2D eigenvalue weighted by atomic mass is 10.00. The van der Waals surface area contributed by atoms with E-state index in [1.807, 2.05) is 0 Å². The average Bonchev–Trinajstić information content (AvgIpc) is 3.89. The molecule has 22 N–H and O–H groups in total. The van der Waals surface area contributed by atoms with Gasteiger partial charge in [0, 0.05) is 13.1 Å². The number of guanidine groups is 1. The minimum absolute atomic E-state index is 0.0166. The number of hydrogen-bond acceptors (Lipinski definition) is 18. The van der Waals surface area contributed by atoms with Crippen LogP contribution in [-0.4, -0.2) is 214 Å². The van der Waals surface area contributed by atoms with E-state index in [4.69, 9.17) is 28.0 Å². The van der Waals surface area contributed by atoms with E-state index in [1.54, 1.807) is 27.7 Å². The number of amides is 12. The largest absolute Gasteiger partial charge is 0.480 e. The number of aliphatic carboxylic acids is 1. The van der Waals surface area contributed by atoms with Crippen molar-refractivity contribution in [3.8, 4) is 0 Å². The fourth-order valence-electron chi connectivity index (χ4n) is 7.85. The quantitative estimate of drug-likeness (QED) is 0.0159. The molecule has 458 valence electrons. The molecule has 33 nitrogen and oxygen atoms in total. The third kappa shape index (κ3) is 25.5. The lowest BCUT2D eigenvalue weighted by molar-refractivity contribution is -0.143. The Hall–Kier alpha value is -7.78. The van der Waals surface area contributed by atoms with Crippen LogP contribution in [0.4, 0.5) is 0 Å². The van der Waals surface area contributed by atoms with Gasteiger partial charge in [-0.25, -0.2) is 4.79 Å². The van der Waals surface area contributed by atoms with Gasteiger partial charge in [0.1, 0.15) is 66.5 Å². The van der Waals surface area contributed by atoms with Crippen LogP contribution in [0.1, 0.15) is 100 Å². The van der Waals surface area contributed by atoms with Crippen LogP contribution in [0.3, 0.4) is 0 Å². The molecule has 81 heavy (non-hydrogen) atoms. The first-order valence-corrected chi connectivity index (χ1v) is 26.3. The van der Waals surface area contributed by atoms with Crippen molar-refractivity contribution in [1.29, 1.82) is 0 Å². The first kappa shape index (κ1) is 71.2. The van der Waals surface area contributed by atoms with Gasteiger partial charge in [-0.1, -0.05) is 27.7 Å². The number of carboxylic acids is 1. The first-order chi connectivity index (χ1) is 37.7. The van der Waals surface area contributed by atoms with Crippen LogP contribution >= 0.6 is 0 Å². The van der Waals surface area contributed by atoms with E-state index in [2.05, 4.69) is 58.2 Å². The summed E-state index contributed by atoms with van der Waals surface area (Å²) in [4.78, 5) is 175. The fraction of sp³-hybridized carbons (Fsp3) is 0.708. The second-order valence-corrected chi connectivity index (χ2v) is 20.4. The first-order valence-electron chi connectivity index (χ1n) is 26.3. The van der Waals surface area contributed by atoms with Gasteiger partial charge in [0.15, 0.2) is 5.96 Å². The molecule has 0 saturated carbocycles. The van der Waals surface area contributed by atoms with E-state index in [1.165, 1.54) is 25.7 Å². The summed E-state index contributed by atoms with van der Waals surface area (Å²) in [6.07, 6.45) is -1.90. The highest BCUT2D eigenvalue weighted by Gasteiger charge is 2.41. The number of nitrogens with one attached hydrogen (secondary N) is 10. The zero-order chi connectivity index (χ0) is 62.0. The van der Waals surface area contributed by atoms with Gasteiger partial charge in [0.2, 0.25) is 70.9 Å². The summed E-state index contributed by atoms with van der Waals surface area (Å²) in [6, 6.07) is -15.7. The predicted molar refractivity (Wildman–Crippen MR) is 286 cm³/mol. The summed E-state index contributed by atoms with van der Waals surface area (Å²) >= 11 is 0. The fourth-order valence-corrected chi connectivity index (χ4v) is 7.85. The molecule has 0 aromatic carbocycles. The average molecular weight is 1160 g/mol. The molecule has 12 atom stereocenters. The second-order valence-electron chi connectivity index (χ2n) is 20.4. The van der Waals surface area contributed by atoms with Crippen LogP contribution in [0.15, 0.2) is 4.99 Å². The summed E-state index contributed by atoms with van der Waals surface area (Å²) in [6.45, 7) is 9.55. The molecule has 0 bridgehead atoms. The number of rotatable bonds is 35. The molecule has 0 aliphatic carbocycles. The van der Waals surface area contributed by atoms with Gasteiger partial charge in [-0.2, -0.15) is 0 Å². The number of aliphatic hydroxyl groups excluding tert-OH is 3. The van der Waals surface area contributed by atoms with Gasteiger partial charge < -0.3 is 101 Å². The molecule has 0 radical (unpaired) electrons. The van der Waals surface area contributed by atoms with Gasteiger partial charge in [-0.15, -0.1) is 0 Å². The number of likely N-dealkylation sites (tertiary alicyclic amines) is 1. The van der Waals surface area contributed by atoms with Crippen molar-refractivity contribution < 1.29 is 82.8 Å². The van der Waals surface area contributed by atoms with Crippen LogP contribution in [-0.2, 0) is 62.3 Å². The number of aliphatic hydroxyl groups is 3. The summed E-state index contributed by atoms with van der Waals surface area (Å²) in [7, 11) is 0. The minimum atomic E-state index is -1.74. The molecule has 1 rings (SSSR count). The molecular formula is C48H84N16O17. The van der Waals surface area contributed by atoms with Crippen LogP contribution < -0.4 is 76.1 Å². The Labute approximate surface area is 468 Å². The summed E-state index contributed by atoms with van der Waals surface area (Å²) < 4.78 is 0. The number of carbonyl (C=O) groups excluding carboxylic acids is 12. The highest BCUT2D eigenvalue weighted by atomic mass is 16.4. The summed E-state index contributed by atoms with van der Waals surface area (Å²) in [5.41, 5.74) is 21.6. The molecule has 1 aliphatic rings. The maximum absolute atomic E-state index is 14.4. The number of nitrogens with two attached hydrogens (primary N) is 4. The zero-order valence-electron chi connectivity index (χ0n) is 46.9. The minimum Gasteiger partial charge on any atom is -0.480 e. The van der Waals surface area contributed by atoms with Crippen molar-refractivity contribution in [3.63, 3.8) is 0 Å². The van der Waals surface area contributed by atoms with Crippen LogP contribution in [0, 0.1) is 11.8 Å². The molecule has 0 aromatic heterocycles. The maximum Gasteiger partial charge on any atom is 0.328 e. The van der Waals surface area contributed by atoms with Crippen LogP contribution in [0.2, 0.25) is 0 Å². The highest BCUT2D eigenvalue weighted by Crippen LogP contribution is 2.22. The molecule has 1 saturated heterocycles. The van der Waals surface area contributed by atoms with E-state index < -0.39 is 176 Å². The molecular weight excluding hydrogens is 1070 g/mol. The summed E-state index contributed by atoms with van der Waals surface area (Å²) in [5.74, 6) is -13.3. The highest BCUT2D eigenvalue weighted by molar-refractivity contribution is 6.00. The van der Waals surface area contributed by atoms with E-state index in [0.717, 1.165) is 6.92 Å². The molecule has 33 heteroatoms. The van der Waals surface area contributed by atoms with Crippen LogP contribution in [0.25, 0.3) is 0 Å². The van der Waals surface area contributed by atoms with Gasteiger partial charge >= 0.3 is 5.97 Å². The Kier molecular flexibility index (Phi) is 30.8. The van der Waals surface area contributed by atoms with Gasteiger partial charge in [-0.05, 0) is 78.1 Å². The topological polar surface area (TPSA) is 543 Å². The molecule has 0 spiro atoms. The number of carbonyl (C=O) groups is 13. The Balaban J connectivity index is 3.21. The normalized spacial score (nSPS) is 17.1. The van der Waals surface area contributed by atoms with Crippen molar-refractivity contribution >= 4 is 82.8 Å². The third-order valence-corrected chi connectivity index (χ3v) is 12.2. The Morgan fingerprint density at radius 2 is 1.09 bits per heavy atom. The molecule has 1 heterocycles. The molecule has 12 amide bonds. The van der Waals surface area contributed by atoms with E-state index >= 15 is 0 Å².